The number of aliphatic hydroxyl groups is 1. The molecule has 0 bridgehead atoms. The van der Waals surface area contributed by atoms with Crippen LogP contribution in [0, 0.1) is 0 Å². The van der Waals surface area contributed by atoms with E-state index in [1.165, 1.54) is 0 Å². The van der Waals surface area contributed by atoms with Crippen LogP contribution in [-0.4, -0.2) is 55.1 Å². The third-order valence-corrected chi connectivity index (χ3v) is 1.32. The fourth-order valence-electron chi connectivity index (χ4n) is 0.734. The van der Waals surface area contributed by atoms with E-state index in [4.69, 9.17) is 10.8 Å². The van der Waals surface area contributed by atoms with Crippen LogP contribution in [0.4, 0.5) is 0 Å². The SMILES string of the molecule is CN(C)CC(=O)N[C@@H](CO)C(N)=O. The van der Waals surface area contributed by atoms with Gasteiger partial charge in [0.15, 0.2) is 0 Å². The molecule has 0 rings (SSSR count). The molecule has 0 saturated carbocycles. The van der Waals surface area contributed by atoms with Gasteiger partial charge < -0.3 is 21.1 Å². The molecule has 76 valence electrons. The van der Waals surface area contributed by atoms with Gasteiger partial charge in [-0.15, -0.1) is 0 Å². The molecule has 0 aliphatic carbocycles. The minimum Gasteiger partial charge on any atom is -0.394 e. The van der Waals surface area contributed by atoms with Crippen LogP contribution in [0.5, 0.6) is 0 Å². The van der Waals surface area contributed by atoms with Gasteiger partial charge in [-0.25, -0.2) is 0 Å². The Morgan fingerprint density at radius 3 is 2.38 bits per heavy atom. The summed E-state index contributed by atoms with van der Waals surface area (Å²) < 4.78 is 0. The molecule has 0 aromatic heterocycles. The van der Waals surface area contributed by atoms with Crippen molar-refractivity contribution < 1.29 is 14.7 Å². The summed E-state index contributed by atoms with van der Waals surface area (Å²) in [5.41, 5.74) is 4.90. The molecule has 0 saturated heterocycles. The van der Waals surface area contributed by atoms with E-state index in [0.29, 0.717) is 0 Å². The highest BCUT2D eigenvalue weighted by Crippen LogP contribution is 1.82. The zero-order chi connectivity index (χ0) is 10.4. The highest BCUT2D eigenvalue weighted by Gasteiger charge is 2.16. The molecule has 2 amide bonds. The summed E-state index contributed by atoms with van der Waals surface area (Å²) in [5.74, 6) is -1.09. The third kappa shape index (κ3) is 5.15. The first-order valence-corrected chi connectivity index (χ1v) is 3.81. The van der Waals surface area contributed by atoms with Gasteiger partial charge in [0.05, 0.1) is 13.2 Å². The number of nitrogens with one attached hydrogen (secondary N) is 1. The van der Waals surface area contributed by atoms with E-state index in [9.17, 15) is 9.59 Å². The van der Waals surface area contributed by atoms with Gasteiger partial charge in [-0.05, 0) is 14.1 Å². The number of hydrogen-bond donors (Lipinski definition) is 3. The molecular formula is C7H15N3O3. The standard InChI is InChI=1S/C7H15N3O3/c1-10(2)3-6(12)9-5(4-11)7(8)13/h5,11H,3-4H2,1-2H3,(H2,8,13)(H,9,12)/t5-/m0/s1. The maximum absolute atomic E-state index is 11.1. The molecule has 0 aliphatic rings. The number of amides is 2. The van der Waals surface area contributed by atoms with Gasteiger partial charge in [0.1, 0.15) is 6.04 Å². The number of hydrogen-bond acceptors (Lipinski definition) is 4. The van der Waals surface area contributed by atoms with Crippen LogP contribution in [0.1, 0.15) is 0 Å². The van der Waals surface area contributed by atoms with Crippen LogP contribution in [0.15, 0.2) is 0 Å². The molecule has 0 aromatic carbocycles. The topological polar surface area (TPSA) is 95.7 Å². The van der Waals surface area contributed by atoms with Crippen molar-refractivity contribution in [3.8, 4) is 0 Å². The Morgan fingerprint density at radius 2 is 2.08 bits per heavy atom. The Morgan fingerprint density at radius 1 is 1.54 bits per heavy atom. The number of rotatable bonds is 5. The quantitative estimate of drug-likeness (QED) is 0.446. The van der Waals surface area contributed by atoms with Gasteiger partial charge in [-0.2, -0.15) is 0 Å². The van der Waals surface area contributed by atoms with Gasteiger partial charge in [0.25, 0.3) is 0 Å². The molecule has 1 atom stereocenters. The summed E-state index contributed by atoms with van der Waals surface area (Å²) in [6.07, 6.45) is 0. The first kappa shape index (κ1) is 11.9. The monoisotopic (exact) mass is 189 g/mol. The average molecular weight is 189 g/mol. The van der Waals surface area contributed by atoms with Crippen molar-refractivity contribution >= 4 is 11.8 Å². The zero-order valence-electron chi connectivity index (χ0n) is 7.78. The highest BCUT2D eigenvalue weighted by molar-refractivity contribution is 5.87. The molecule has 6 nitrogen and oxygen atoms in total. The zero-order valence-corrected chi connectivity index (χ0v) is 7.78. The second-order valence-electron chi connectivity index (χ2n) is 2.94. The molecule has 0 radical (unpaired) electrons. The van der Waals surface area contributed by atoms with E-state index in [-0.39, 0.29) is 12.5 Å². The van der Waals surface area contributed by atoms with E-state index in [1.54, 1.807) is 19.0 Å². The minimum atomic E-state index is -0.993. The second-order valence-corrected chi connectivity index (χ2v) is 2.94. The lowest BCUT2D eigenvalue weighted by atomic mass is 10.3. The average Bonchev–Trinajstić information content (AvgIpc) is 1.98. The molecule has 0 unspecified atom stereocenters. The number of likely N-dealkylation sites (N-methyl/N-ethyl adjacent to an activating group) is 1. The summed E-state index contributed by atoms with van der Waals surface area (Å²) in [5, 5.41) is 10.9. The van der Waals surface area contributed by atoms with E-state index >= 15 is 0 Å². The van der Waals surface area contributed by atoms with Gasteiger partial charge in [0.2, 0.25) is 11.8 Å². The van der Waals surface area contributed by atoms with Crippen LogP contribution >= 0.6 is 0 Å². The fraction of sp³-hybridized carbons (Fsp3) is 0.714. The minimum absolute atomic E-state index is 0.157. The second kappa shape index (κ2) is 5.50. The van der Waals surface area contributed by atoms with Crippen LogP contribution in [-0.2, 0) is 9.59 Å². The Balaban J connectivity index is 3.94. The molecule has 0 spiro atoms. The van der Waals surface area contributed by atoms with E-state index in [1.807, 2.05) is 0 Å². The van der Waals surface area contributed by atoms with Crippen LogP contribution < -0.4 is 11.1 Å². The van der Waals surface area contributed by atoms with Crippen molar-refractivity contribution in [1.82, 2.24) is 10.2 Å². The largest absolute Gasteiger partial charge is 0.394 e. The first-order chi connectivity index (χ1) is 5.97. The molecular weight excluding hydrogens is 174 g/mol. The summed E-state index contributed by atoms with van der Waals surface area (Å²) in [7, 11) is 3.44. The Bertz CT molecular complexity index is 193. The van der Waals surface area contributed by atoms with Crippen molar-refractivity contribution in [3.05, 3.63) is 0 Å². The summed E-state index contributed by atoms with van der Waals surface area (Å²) in [6.45, 7) is -0.321. The number of carbonyl (C=O) groups is 2. The van der Waals surface area contributed by atoms with E-state index in [2.05, 4.69) is 5.32 Å². The van der Waals surface area contributed by atoms with E-state index < -0.39 is 18.6 Å². The van der Waals surface area contributed by atoms with Crippen molar-refractivity contribution in [2.24, 2.45) is 5.73 Å². The van der Waals surface area contributed by atoms with Crippen molar-refractivity contribution in [2.45, 2.75) is 6.04 Å². The molecule has 0 heterocycles. The highest BCUT2D eigenvalue weighted by atomic mass is 16.3. The molecule has 0 aliphatic heterocycles. The normalized spacial score (nSPS) is 12.6. The number of nitrogens with zero attached hydrogens (tertiary/aromatic N) is 1. The third-order valence-electron chi connectivity index (χ3n) is 1.32. The lowest BCUT2D eigenvalue weighted by Gasteiger charge is -2.14. The molecule has 13 heavy (non-hydrogen) atoms. The predicted octanol–water partition coefficient (Wildman–Crippen LogP) is -2.49. The Hall–Kier alpha value is -1.14. The number of carbonyl (C=O) groups excluding carboxylic acids is 2. The van der Waals surface area contributed by atoms with Gasteiger partial charge in [-0.3, -0.25) is 9.59 Å². The van der Waals surface area contributed by atoms with Crippen LogP contribution in [0.3, 0.4) is 0 Å². The number of nitrogens with two attached hydrogens (primary N) is 1. The Labute approximate surface area is 76.7 Å². The number of primary amides is 1. The maximum Gasteiger partial charge on any atom is 0.242 e. The molecule has 4 N–H and O–H groups in total. The first-order valence-electron chi connectivity index (χ1n) is 3.81. The maximum atomic E-state index is 11.1. The fourth-order valence-corrected chi connectivity index (χ4v) is 0.734. The Kier molecular flexibility index (Phi) is 5.01. The predicted molar refractivity (Wildman–Crippen MR) is 46.8 cm³/mol. The van der Waals surface area contributed by atoms with Crippen LogP contribution in [0.25, 0.3) is 0 Å². The summed E-state index contributed by atoms with van der Waals surface area (Å²) >= 11 is 0. The molecule has 0 aromatic rings. The van der Waals surface area contributed by atoms with Crippen molar-refractivity contribution in [2.75, 3.05) is 27.2 Å². The lowest BCUT2D eigenvalue weighted by molar-refractivity contribution is -0.128. The molecule has 0 fully saturated rings. The summed E-state index contributed by atoms with van der Waals surface area (Å²) in [4.78, 5) is 23.3. The van der Waals surface area contributed by atoms with Gasteiger partial charge >= 0.3 is 0 Å². The smallest absolute Gasteiger partial charge is 0.242 e. The van der Waals surface area contributed by atoms with Crippen LogP contribution in [0.2, 0.25) is 0 Å². The van der Waals surface area contributed by atoms with Crippen molar-refractivity contribution in [1.29, 1.82) is 0 Å². The lowest BCUT2D eigenvalue weighted by Crippen LogP contribution is -2.49. The van der Waals surface area contributed by atoms with Gasteiger partial charge in [-0.1, -0.05) is 0 Å². The number of aliphatic hydroxyl groups excluding tert-OH is 1. The van der Waals surface area contributed by atoms with E-state index in [0.717, 1.165) is 0 Å². The van der Waals surface area contributed by atoms with Gasteiger partial charge in [0, 0.05) is 0 Å². The van der Waals surface area contributed by atoms with Crippen molar-refractivity contribution in [3.63, 3.8) is 0 Å². The molecule has 6 heteroatoms. The summed E-state index contributed by atoms with van der Waals surface area (Å²) in [6, 6.07) is -0.993.